The van der Waals surface area contributed by atoms with Gasteiger partial charge in [-0.1, -0.05) is 29.3 Å². The zero-order chi connectivity index (χ0) is 20.0. The van der Waals surface area contributed by atoms with Gasteiger partial charge in [0.1, 0.15) is 16.1 Å². The summed E-state index contributed by atoms with van der Waals surface area (Å²) in [6, 6.07) is 7.47. The van der Waals surface area contributed by atoms with Crippen LogP contribution in [0.5, 0.6) is 0 Å². The third kappa shape index (κ3) is 3.04. The number of aryl methyl sites for hydroxylation is 1. The smallest absolute Gasteiger partial charge is 0.292 e. The summed E-state index contributed by atoms with van der Waals surface area (Å²) in [6.07, 6.45) is 2.25. The maximum Gasteiger partial charge on any atom is 0.292 e. The predicted molar refractivity (Wildman–Crippen MR) is 113 cm³/mol. The van der Waals surface area contributed by atoms with Crippen LogP contribution < -0.4 is 16.2 Å². The van der Waals surface area contributed by atoms with Crippen molar-refractivity contribution in [3.05, 3.63) is 66.4 Å². The SMILES string of the molecule is Cc1ccc(-n2ncc(N3CCc4c(sc(N)c4C#N)C3)c(Cl)c2=O)cc1Cl. The number of fused-ring (bicyclic) bond motifs is 1. The fourth-order valence-electron chi connectivity index (χ4n) is 3.29. The van der Waals surface area contributed by atoms with Gasteiger partial charge in [0.2, 0.25) is 0 Å². The number of thiophene rings is 1. The molecule has 28 heavy (non-hydrogen) atoms. The van der Waals surface area contributed by atoms with Crippen LogP contribution in [0.1, 0.15) is 21.6 Å². The quantitative estimate of drug-likeness (QED) is 0.663. The number of nitrogens with zero attached hydrogens (tertiary/aromatic N) is 4. The molecule has 142 valence electrons. The summed E-state index contributed by atoms with van der Waals surface area (Å²) < 4.78 is 1.24. The molecule has 9 heteroatoms. The Labute approximate surface area is 175 Å². The summed E-state index contributed by atoms with van der Waals surface area (Å²) in [5, 5.41) is 14.8. The summed E-state index contributed by atoms with van der Waals surface area (Å²) in [7, 11) is 0. The van der Waals surface area contributed by atoms with E-state index >= 15 is 0 Å². The van der Waals surface area contributed by atoms with Gasteiger partial charge in [-0.2, -0.15) is 15.0 Å². The number of benzene rings is 1. The van der Waals surface area contributed by atoms with E-state index in [1.165, 1.54) is 16.0 Å². The Kier molecular flexibility index (Phi) is 4.79. The summed E-state index contributed by atoms with van der Waals surface area (Å²) in [5.41, 5.74) is 9.14. The van der Waals surface area contributed by atoms with Crippen molar-refractivity contribution in [2.45, 2.75) is 19.9 Å². The van der Waals surface area contributed by atoms with Crippen LogP contribution in [-0.4, -0.2) is 16.3 Å². The molecular weight excluding hydrogens is 417 g/mol. The van der Waals surface area contributed by atoms with Gasteiger partial charge >= 0.3 is 0 Å². The molecule has 1 aromatic carbocycles. The minimum Gasteiger partial charge on any atom is -0.389 e. The molecule has 1 aliphatic heterocycles. The number of nitriles is 1. The maximum absolute atomic E-state index is 12.8. The number of nitrogen functional groups attached to an aromatic ring is 1. The lowest BCUT2D eigenvalue weighted by molar-refractivity contribution is 0.727. The summed E-state index contributed by atoms with van der Waals surface area (Å²) >= 11 is 14.0. The van der Waals surface area contributed by atoms with Gasteiger partial charge in [-0.05, 0) is 36.6 Å². The summed E-state index contributed by atoms with van der Waals surface area (Å²) in [6.45, 7) is 3.05. The van der Waals surface area contributed by atoms with E-state index in [-0.39, 0.29) is 5.02 Å². The molecular formula is C19H15Cl2N5OS. The van der Waals surface area contributed by atoms with Crippen molar-refractivity contribution >= 4 is 45.2 Å². The molecule has 3 heterocycles. The van der Waals surface area contributed by atoms with E-state index in [2.05, 4.69) is 11.2 Å². The van der Waals surface area contributed by atoms with Crippen molar-refractivity contribution in [3.63, 3.8) is 0 Å². The molecule has 0 spiro atoms. The Balaban J connectivity index is 1.70. The third-order valence-electron chi connectivity index (χ3n) is 4.84. The van der Waals surface area contributed by atoms with Gasteiger partial charge in [-0.3, -0.25) is 4.79 Å². The van der Waals surface area contributed by atoms with E-state index < -0.39 is 5.56 Å². The molecule has 0 bridgehead atoms. The minimum atomic E-state index is -0.409. The summed E-state index contributed by atoms with van der Waals surface area (Å²) in [5.74, 6) is 0. The number of nitrogens with two attached hydrogens (primary N) is 1. The van der Waals surface area contributed by atoms with Gasteiger partial charge in [0.25, 0.3) is 5.56 Å². The Bertz CT molecular complexity index is 1190. The highest BCUT2D eigenvalue weighted by Crippen LogP contribution is 2.36. The first-order valence-corrected chi connectivity index (χ1v) is 10.1. The van der Waals surface area contributed by atoms with E-state index in [1.807, 2.05) is 17.9 Å². The zero-order valence-electron chi connectivity index (χ0n) is 14.9. The standard InChI is InChI=1S/C19H15Cl2N5OS/c1-10-2-3-11(6-14(10)20)26-19(27)17(21)15(8-24-26)25-5-4-12-13(7-22)18(23)28-16(12)9-25/h2-3,6,8H,4-5,9,23H2,1H3. The molecule has 0 aliphatic carbocycles. The Morgan fingerprint density at radius 1 is 1.36 bits per heavy atom. The Hall–Kier alpha value is -2.53. The van der Waals surface area contributed by atoms with Gasteiger partial charge in [0.15, 0.2) is 0 Å². The zero-order valence-corrected chi connectivity index (χ0v) is 17.2. The highest BCUT2D eigenvalue weighted by molar-refractivity contribution is 7.16. The molecule has 6 nitrogen and oxygen atoms in total. The topological polar surface area (TPSA) is 87.9 Å². The number of hydrogen-bond donors (Lipinski definition) is 1. The number of halogens is 2. The third-order valence-corrected chi connectivity index (χ3v) is 6.65. The van der Waals surface area contributed by atoms with Crippen molar-refractivity contribution < 1.29 is 0 Å². The van der Waals surface area contributed by atoms with Crippen molar-refractivity contribution in [1.82, 2.24) is 9.78 Å². The molecule has 0 saturated carbocycles. The molecule has 1 aliphatic rings. The molecule has 0 amide bonds. The molecule has 0 fully saturated rings. The fourth-order valence-corrected chi connectivity index (χ4v) is 4.80. The molecule has 0 unspecified atom stereocenters. The van der Waals surface area contributed by atoms with Crippen molar-refractivity contribution in [2.24, 2.45) is 0 Å². The van der Waals surface area contributed by atoms with Gasteiger partial charge in [-0.25, -0.2) is 0 Å². The van der Waals surface area contributed by atoms with E-state index in [4.69, 9.17) is 28.9 Å². The second kappa shape index (κ2) is 7.13. The summed E-state index contributed by atoms with van der Waals surface area (Å²) in [4.78, 5) is 15.8. The minimum absolute atomic E-state index is 0.0974. The fraction of sp³-hybridized carbons (Fsp3) is 0.211. The molecule has 2 aromatic heterocycles. The van der Waals surface area contributed by atoms with Crippen LogP contribution in [0.3, 0.4) is 0 Å². The lowest BCUT2D eigenvalue weighted by atomic mass is 10.0. The van der Waals surface area contributed by atoms with Crippen LogP contribution >= 0.6 is 34.5 Å². The first-order valence-electron chi connectivity index (χ1n) is 8.50. The van der Waals surface area contributed by atoms with Crippen LogP contribution in [0.25, 0.3) is 5.69 Å². The van der Waals surface area contributed by atoms with Crippen LogP contribution in [-0.2, 0) is 13.0 Å². The lowest BCUT2D eigenvalue weighted by Gasteiger charge is -2.29. The molecule has 2 N–H and O–H groups in total. The van der Waals surface area contributed by atoms with Crippen LogP contribution in [0.2, 0.25) is 10.0 Å². The monoisotopic (exact) mass is 431 g/mol. The second-order valence-corrected chi connectivity index (χ2v) is 8.44. The lowest BCUT2D eigenvalue weighted by Crippen LogP contribution is -2.32. The molecule has 0 radical (unpaired) electrons. The number of anilines is 2. The average molecular weight is 432 g/mol. The van der Waals surface area contributed by atoms with Gasteiger partial charge < -0.3 is 10.6 Å². The van der Waals surface area contributed by atoms with Crippen molar-refractivity contribution in [2.75, 3.05) is 17.2 Å². The first-order chi connectivity index (χ1) is 13.4. The van der Waals surface area contributed by atoms with E-state index in [9.17, 15) is 10.1 Å². The number of hydrogen-bond acceptors (Lipinski definition) is 6. The van der Waals surface area contributed by atoms with Gasteiger partial charge in [-0.15, -0.1) is 11.3 Å². The maximum atomic E-state index is 12.8. The average Bonchev–Trinajstić information content (AvgIpc) is 3.00. The van der Waals surface area contributed by atoms with E-state index in [1.54, 1.807) is 18.3 Å². The molecule has 4 rings (SSSR count). The Morgan fingerprint density at radius 3 is 2.86 bits per heavy atom. The van der Waals surface area contributed by atoms with Crippen LogP contribution in [0.15, 0.2) is 29.2 Å². The van der Waals surface area contributed by atoms with Gasteiger partial charge in [0.05, 0.1) is 29.7 Å². The van der Waals surface area contributed by atoms with E-state index in [0.29, 0.717) is 46.5 Å². The number of aromatic nitrogens is 2. The van der Waals surface area contributed by atoms with Crippen LogP contribution in [0, 0.1) is 18.3 Å². The Morgan fingerprint density at radius 2 is 2.14 bits per heavy atom. The first kappa shape index (κ1) is 18.8. The van der Waals surface area contributed by atoms with E-state index in [0.717, 1.165) is 16.0 Å². The molecule has 0 saturated heterocycles. The molecule has 3 aromatic rings. The normalized spacial score (nSPS) is 13.3. The van der Waals surface area contributed by atoms with Gasteiger partial charge in [0, 0.05) is 16.4 Å². The van der Waals surface area contributed by atoms with Crippen LogP contribution in [0.4, 0.5) is 10.7 Å². The highest BCUT2D eigenvalue weighted by Gasteiger charge is 2.26. The second-order valence-electron chi connectivity index (χ2n) is 6.52. The predicted octanol–water partition coefficient (Wildman–Crippen LogP) is 3.93. The van der Waals surface area contributed by atoms with Crippen molar-refractivity contribution in [3.8, 4) is 11.8 Å². The molecule has 0 atom stereocenters. The largest absolute Gasteiger partial charge is 0.389 e. The number of rotatable bonds is 2. The highest BCUT2D eigenvalue weighted by atomic mass is 35.5. The van der Waals surface area contributed by atoms with Crippen molar-refractivity contribution in [1.29, 1.82) is 5.26 Å².